The van der Waals surface area contributed by atoms with E-state index < -0.39 is 0 Å². The van der Waals surface area contributed by atoms with Crippen molar-refractivity contribution < 1.29 is 9.84 Å². The molecule has 0 bridgehead atoms. The fourth-order valence-electron chi connectivity index (χ4n) is 4.07. The molecular formula is C18H23O2-. The third-order valence-corrected chi connectivity index (χ3v) is 5.90. The first kappa shape index (κ1) is 13.5. The van der Waals surface area contributed by atoms with E-state index in [9.17, 15) is 5.11 Å². The summed E-state index contributed by atoms with van der Waals surface area (Å²) in [6.45, 7) is 6.68. The van der Waals surface area contributed by atoms with Gasteiger partial charge in [-0.3, -0.25) is 0 Å². The van der Waals surface area contributed by atoms with Crippen LogP contribution in [0.4, 0.5) is 0 Å². The van der Waals surface area contributed by atoms with E-state index in [-0.39, 0.29) is 17.3 Å². The minimum atomic E-state index is 0.149. The van der Waals surface area contributed by atoms with Crippen molar-refractivity contribution in [1.29, 1.82) is 0 Å². The molecule has 2 aliphatic rings. The Bertz CT molecular complexity index is 561. The van der Waals surface area contributed by atoms with Crippen LogP contribution < -0.4 is 9.84 Å². The lowest BCUT2D eigenvalue weighted by molar-refractivity contribution is -0.322. The maximum absolute atomic E-state index is 12.3. The second kappa shape index (κ2) is 4.54. The third-order valence-electron chi connectivity index (χ3n) is 5.90. The number of ether oxygens (including phenoxy) is 1. The first-order valence-corrected chi connectivity index (χ1v) is 7.53. The number of benzene rings is 1. The molecule has 0 aliphatic heterocycles. The van der Waals surface area contributed by atoms with Gasteiger partial charge in [0.1, 0.15) is 5.75 Å². The molecule has 4 atom stereocenters. The molecule has 0 fully saturated rings. The van der Waals surface area contributed by atoms with Crippen molar-refractivity contribution >= 4 is 0 Å². The van der Waals surface area contributed by atoms with Crippen molar-refractivity contribution in [3.63, 3.8) is 0 Å². The molecule has 0 heterocycles. The Labute approximate surface area is 121 Å². The molecule has 108 valence electrons. The molecule has 0 amide bonds. The molecule has 2 nitrogen and oxygen atoms in total. The molecule has 0 saturated carbocycles. The maximum Gasteiger partial charge on any atom is 0.119 e. The van der Waals surface area contributed by atoms with Gasteiger partial charge in [-0.1, -0.05) is 32.9 Å². The Kier molecular flexibility index (Phi) is 3.07. The highest BCUT2D eigenvalue weighted by atomic mass is 16.5. The van der Waals surface area contributed by atoms with Gasteiger partial charge in [-0.05, 0) is 53.4 Å². The lowest BCUT2D eigenvalue weighted by Gasteiger charge is -2.53. The van der Waals surface area contributed by atoms with E-state index in [0.717, 1.165) is 18.6 Å². The van der Waals surface area contributed by atoms with Crippen LogP contribution in [0.1, 0.15) is 44.2 Å². The lowest BCUT2D eigenvalue weighted by atomic mass is 9.54. The van der Waals surface area contributed by atoms with Gasteiger partial charge in [0, 0.05) is 5.92 Å². The number of allylic oxidation sites excluding steroid dienone is 2. The predicted molar refractivity (Wildman–Crippen MR) is 78.6 cm³/mol. The van der Waals surface area contributed by atoms with Crippen molar-refractivity contribution in [2.45, 2.75) is 39.5 Å². The molecule has 4 unspecified atom stereocenters. The largest absolute Gasteiger partial charge is 0.875 e. The summed E-state index contributed by atoms with van der Waals surface area (Å²) in [7, 11) is 1.70. The van der Waals surface area contributed by atoms with Crippen molar-refractivity contribution in [3.05, 3.63) is 41.2 Å². The van der Waals surface area contributed by atoms with Crippen molar-refractivity contribution in [2.75, 3.05) is 7.11 Å². The summed E-state index contributed by atoms with van der Waals surface area (Å²) in [5, 5.41) is 12.3. The summed E-state index contributed by atoms with van der Waals surface area (Å²) >= 11 is 0. The van der Waals surface area contributed by atoms with E-state index in [1.54, 1.807) is 7.11 Å². The summed E-state index contributed by atoms with van der Waals surface area (Å²) in [6, 6.07) is 6.31. The zero-order valence-corrected chi connectivity index (χ0v) is 12.8. The number of fused-ring (bicyclic) bond motifs is 3. The molecule has 20 heavy (non-hydrogen) atoms. The van der Waals surface area contributed by atoms with E-state index in [1.807, 2.05) is 12.1 Å². The molecule has 0 aromatic heterocycles. The smallest absolute Gasteiger partial charge is 0.119 e. The van der Waals surface area contributed by atoms with E-state index in [2.05, 4.69) is 32.9 Å². The second-order valence-electron chi connectivity index (χ2n) is 6.69. The Balaban J connectivity index is 2.11. The number of methoxy groups -OCH3 is 1. The van der Waals surface area contributed by atoms with Crippen LogP contribution in [-0.2, 0) is 6.42 Å². The van der Waals surface area contributed by atoms with Crippen LogP contribution in [0.5, 0.6) is 5.75 Å². The van der Waals surface area contributed by atoms with Gasteiger partial charge in [0.15, 0.2) is 0 Å². The quantitative estimate of drug-likeness (QED) is 0.785. The molecule has 0 saturated heterocycles. The summed E-state index contributed by atoms with van der Waals surface area (Å²) in [6.07, 6.45) is 4.21. The van der Waals surface area contributed by atoms with Crippen LogP contribution in [0.3, 0.4) is 0 Å². The highest BCUT2D eigenvalue weighted by Crippen LogP contribution is 2.56. The molecule has 2 heteroatoms. The molecule has 0 N–H and O–H groups in total. The first-order chi connectivity index (χ1) is 9.47. The van der Waals surface area contributed by atoms with Gasteiger partial charge in [-0.25, -0.2) is 0 Å². The summed E-state index contributed by atoms with van der Waals surface area (Å²) in [4.78, 5) is 0. The molecule has 0 spiro atoms. The normalized spacial score (nSPS) is 35.8. The fraction of sp³-hybridized carbons (Fsp3) is 0.556. The molecular weight excluding hydrogens is 248 g/mol. The highest BCUT2D eigenvalue weighted by molar-refractivity contribution is 5.44. The van der Waals surface area contributed by atoms with Gasteiger partial charge in [0.2, 0.25) is 0 Å². The fourth-order valence-corrected chi connectivity index (χ4v) is 4.07. The monoisotopic (exact) mass is 271 g/mol. The summed E-state index contributed by atoms with van der Waals surface area (Å²) in [5.74, 6) is 2.06. The van der Waals surface area contributed by atoms with Gasteiger partial charge < -0.3 is 9.84 Å². The Hall–Kier alpha value is -1.44. The van der Waals surface area contributed by atoms with Gasteiger partial charge in [0.05, 0.1) is 7.11 Å². The first-order valence-electron chi connectivity index (χ1n) is 7.53. The minimum Gasteiger partial charge on any atom is -0.875 e. The van der Waals surface area contributed by atoms with Gasteiger partial charge in [-0.2, -0.15) is 0 Å². The van der Waals surface area contributed by atoms with Crippen LogP contribution in [0.15, 0.2) is 30.0 Å². The molecule has 1 aromatic rings. The minimum absolute atomic E-state index is 0.149. The van der Waals surface area contributed by atoms with Crippen molar-refractivity contribution in [1.82, 2.24) is 0 Å². The number of aryl methyl sites for hydroxylation is 1. The molecule has 0 radical (unpaired) electrons. The van der Waals surface area contributed by atoms with E-state index in [4.69, 9.17) is 4.74 Å². The van der Waals surface area contributed by atoms with Gasteiger partial charge in [-0.15, -0.1) is 5.76 Å². The topological polar surface area (TPSA) is 32.3 Å². The Morgan fingerprint density at radius 3 is 2.75 bits per heavy atom. The number of rotatable bonds is 1. The highest BCUT2D eigenvalue weighted by Gasteiger charge is 2.46. The second-order valence-corrected chi connectivity index (χ2v) is 6.69. The summed E-state index contributed by atoms with van der Waals surface area (Å²) in [5.41, 5.74) is 2.87. The Morgan fingerprint density at radius 1 is 1.30 bits per heavy atom. The van der Waals surface area contributed by atoms with Crippen molar-refractivity contribution in [2.24, 2.45) is 17.3 Å². The zero-order chi connectivity index (χ0) is 14.5. The SMILES string of the molecule is COc1ccc2c(c1)CCC1(C)C2C=C([O-])C(C)C1C. The van der Waals surface area contributed by atoms with Crippen LogP contribution in [-0.4, -0.2) is 7.11 Å². The predicted octanol–water partition coefficient (Wildman–Crippen LogP) is 3.26. The van der Waals surface area contributed by atoms with Crippen LogP contribution >= 0.6 is 0 Å². The van der Waals surface area contributed by atoms with Crippen LogP contribution in [0.25, 0.3) is 0 Å². The zero-order valence-electron chi connectivity index (χ0n) is 12.8. The third kappa shape index (κ3) is 1.77. The average molecular weight is 271 g/mol. The lowest BCUT2D eigenvalue weighted by Crippen LogP contribution is -2.44. The summed E-state index contributed by atoms with van der Waals surface area (Å²) < 4.78 is 5.32. The van der Waals surface area contributed by atoms with Gasteiger partial charge >= 0.3 is 0 Å². The van der Waals surface area contributed by atoms with Crippen molar-refractivity contribution in [3.8, 4) is 5.75 Å². The van der Waals surface area contributed by atoms with Crippen LogP contribution in [0.2, 0.25) is 0 Å². The van der Waals surface area contributed by atoms with E-state index in [1.165, 1.54) is 11.1 Å². The van der Waals surface area contributed by atoms with E-state index in [0.29, 0.717) is 11.7 Å². The van der Waals surface area contributed by atoms with Gasteiger partial charge in [0.25, 0.3) is 0 Å². The Morgan fingerprint density at radius 2 is 2.05 bits per heavy atom. The molecule has 2 aliphatic carbocycles. The molecule has 3 rings (SSSR count). The number of hydrogen-bond acceptors (Lipinski definition) is 2. The average Bonchev–Trinajstić information content (AvgIpc) is 2.46. The van der Waals surface area contributed by atoms with E-state index >= 15 is 0 Å². The molecule has 1 aromatic carbocycles. The van der Waals surface area contributed by atoms with Crippen LogP contribution in [0, 0.1) is 17.3 Å². The number of hydrogen-bond donors (Lipinski definition) is 0. The maximum atomic E-state index is 12.3. The standard InChI is InChI=1S/C18H24O2/c1-11-12(2)18(3)8-7-13-9-14(20-4)5-6-15(13)16(18)10-17(11)19/h5-6,9-12,16,19H,7-8H2,1-4H3/p-1.